The number of rotatable bonds is 5. The van der Waals surface area contributed by atoms with Gasteiger partial charge < -0.3 is 0 Å². The lowest BCUT2D eigenvalue weighted by molar-refractivity contribution is -0.384. The first-order chi connectivity index (χ1) is 11.2. The molecule has 0 fully saturated rings. The highest BCUT2D eigenvalue weighted by atomic mass is 32.2. The topological polar surface area (TPSA) is 89.3 Å². The number of nitrogens with one attached hydrogen (secondary N) is 1. The van der Waals surface area contributed by atoms with Gasteiger partial charge in [0.25, 0.3) is 15.7 Å². The Morgan fingerprint density at radius 3 is 2.29 bits per heavy atom. The molecule has 1 N–H and O–H groups in total. The number of sulfonamides is 1. The van der Waals surface area contributed by atoms with Crippen molar-refractivity contribution in [2.24, 2.45) is 0 Å². The number of hydrogen-bond acceptors (Lipinski definition) is 4. The molecular formula is C17H18N2O4S. The summed E-state index contributed by atoms with van der Waals surface area (Å²) in [5, 5.41) is 11.8. The third-order valence-corrected chi connectivity index (χ3v) is 4.48. The molecule has 0 aliphatic heterocycles. The van der Waals surface area contributed by atoms with Crippen LogP contribution in [-0.4, -0.2) is 13.3 Å². The zero-order chi connectivity index (χ0) is 17.9. The zero-order valence-corrected chi connectivity index (χ0v) is 14.4. The highest BCUT2D eigenvalue weighted by molar-refractivity contribution is 7.95. The molecule has 0 amide bonds. The molecule has 2 aromatic rings. The third kappa shape index (κ3) is 4.42. The Balaban J connectivity index is 2.26. The van der Waals surface area contributed by atoms with Gasteiger partial charge in [0, 0.05) is 12.1 Å². The van der Waals surface area contributed by atoms with E-state index in [1.165, 1.54) is 30.3 Å². The average molecular weight is 346 g/mol. The first kappa shape index (κ1) is 17.7. The van der Waals surface area contributed by atoms with E-state index in [2.05, 4.69) is 4.72 Å². The van der Waals surface area contributed by atoms with E-state index in [9.17, 15) is 18.5 Å². The van der Waals surface area contributed by atoms with Crippen LogP contribution in [0.3, 0.4) is 0 Å². The van der Waals surface area contributed by atoms with Crippen LogP contribution in [0.25, 0.3) is 6.08 Å². The fourth-order valence-electron chi connectivity index (χ4n) is 2.49. The lowest BCUT2D eigenvalue weighted by Crippen LogP contribution is -2.09. The predicted molar refractivity (Wildman–Crippen MR) is 95.3 cm³/mol. The van der Waals surface area contributed by atoms with E-state index in [1.807, 2.05) is 32.9 Å². The molecule has 126 valence electrons. The van der Waals surface area contributed by atoms with Gasteiger partial charge in [-0.05, 0) is 49.6 Å². The van der Waals surface area contributed by atoms with E-state index < -0.39 is 14.9 Å². The molecule has 0 saturated heterocycles. The van der Waals surface area contributed by atoms with Crippen molar-refractivity contribution in [2.75, 3.05) is 4.72 Å². The van der Waals surface area contributed by atoms with Crippen molar-refractivity contribution in [2.45, 2.75) is 20.8 Å². The van der Waals surface area contributed by atoms with E-state index in [4.69, 9.17) is 0 Å². The van der Waals surface area contributed by atoms with Crippen LogP contribution in [0.2, 0.25) is 0 Å². The van der Waals surface area contributed by atoms with E-state index >= 15 is 0 Å². The van der Waals surface area contributed by atoms with Gasteiger partial charge in [-0.25, -0.2) is 8.42 Å². The van der Waals surface area contributed by atoms with Gasteiger partial charge in [-0.3, -0.25) is 14.8 Å². The van der Waals surface area contributed by atoms with Crippen molar-refractivity contribution in [3.63, 3.8) is 0 Å². The van der Waals surface area contributed by atoms with Crippen LogP contribution >= 0.6 is 0 Å². The number of anilines is 1. The van der Waals surface area contributed by atoms with Crippen LogP contribution in [0.5, 0.6) is 0 Å². The fraction of sp³-hybridized carbons (Fsp3) is 0.176. The Morgan fingerprint density at radius 2 is 1.71 bits per heavy atom. The molecule has 6 nitrogen and oxygen atoms in total. The standard InChI is InChI=1S/C17H18N2O4S/c1-12-9-13(2)17(14(3)10-12)7-8-24(22,23)18-15-5-4-6-16(11-15)19(20)21/h4-11,18H,1-3H3/b8-7+. The number of hydrogen-bond donors (Lipinski definition) is 1. The monoisotopic (exact) mass is 346 g/mol. The van der Waals surface area contributed by atoms with Crippen LogP contribution in [-0.2, 0) is 10.0 Å². The fourth-order valence-corrected chi connectivity index (χ4v) is 3.33. The molecule has 24 heavy (non-hydrogen) atoms. The highest BCUT2D eigenvalue weighted by Crippen LogP contribution is 2.20. The second-order valence-electron chi connectivity index (χ2n) is 5.57. The van der Waals surface area contributed by atoms with Crippen molar-refractivity contribution < 1.29 is 13.3 Å². The summed E-state index contributed by atoms with van der Waals surface area (Å²) >= 11 is 0. The lowest BCUT2D eigenvalue weighted by Gasteiger charge is -2.08. The molecule has 7 heteroatoms. The smallest absolute Gasteiger partial charge is 0.271 e. The molecular weight excluding hydrogens is 328 g/mol. The minimum atomic E-state index is -3.77. The predicted octanol–water partition coefficient (Wildman–Crippen LogP) is 3.93. The minimum absolute atomic E-state index is 0.145. The van der Waals surface area contributed by atoms with Crippen LogP contribution in [0.4, 0.5) is 11.4 Å². The normalized spacial score (nSPS) is 11.6. The Labute approximate surface area is 141 Å². The molecule has 0 bridgehead atoms. The minimum Gasteiger partial charge on any atom is -0.280 e. The van der Waals surface area contributed by atoms with Crippen molar-refractivity contribution in [1.29, 1.82) is 0 Å². The Morgan fingerprint density at radius 1 is 1.08 bits per heavy atom. The number of nitro groups is 1. The quantitative estimate of drug-likeness (QED) is 0.656. The second kappa shape index (κ2) is 6.84. The molecule has 0 aliphatic rings. The summed E-state index contributed by atoms with van der Waals surface area (Å²) in [6.07, 6.45) is 1.53. The maximum Gasteiger partial charge on any atom is 0.271 e. The number of nitro benzene ring substituents is 1. The summed E-state index contributed by atoms with van der Waals surface area (Å²) in [6, 6.07) is 9.32. The van der Waals surface area contributed by atoms with Crippen LogP contribution in [0.15, 0.2) is 41.8 Å². The first-order valence-electron chi connectivity index (χ1n) is 7.21. The maximum atomic E-state index is 12.2. The van der Waals surface area contributed by atoms with Crippen LogP contribution in [0.1, 0.15) is 22.3 Å². The second-order valence-corrected chi connectivity index (χ2v) is 7.14. The van der Waals surface area contributed by atoms with Gasteiger partial charge in [-0.1, -0.05) is 23.8 Å². The van der Waals surface area contributed by atoms with Crippen LogP contribution in [0, 0.1) is 30.9 Å². The number of non-ortho nitro benzene ring substituents is 1. The zero-order valence-electron chi connectivity index (χ0n) is 13.6. The molecule has 0 heterocycles. The van der Waals surface area contributed by atoms with Gasteiger partial charge in [0.05, 0.1) is 16.0 Å². The highest BCUT2D eigenvalue weighted by Gasteiger charge is 2.11. The molecule has 0 spiro atoms. The Kier molecular flexibility index (Phi) is 5.04. The molecule has 0 saturated carbocycles. The van der Waals surface area contributed by atoms with Crippen molar-refractivity contribution in [3.8, 4) is 0 Å². The summed E-state index contributed by atoms with van der Waals surface area (Å²) < 4.78 is 26.7. The van der Waals surface area contributed by atoms with Gasteiger partial charge >= 0.3 is 0 Å². The van der Waals surface area contributed by atoms with Crippen molar-refractivity contribution >= 4 is 27.5 Å². The SMILES string of the molecule is Cc1cc(C)c(/C=C/S(=O)(=O)Nc2cccc([N+](=O)[O-])c2)c(C)c1. The van der Waals surface area contributed by atoms with Gasteiger partial charge in [0.15, 0.2) is 0 Å². The number of nitrogens with zero attached hydrogens (tertiary/aromatic N) is 1. The number of aryl methyl sites for hydroxylation is 3. The van der Waals surface area contributed by atoms with E-state index in [-0.39, 0.29) is 11.4 Å². The molecule has 0 unspecified atom stereocenters. The maximum absolute atomic E-state index is 12.2. The van der Waals surface area contributed by atoms with Gasteiger partial charge in [0.1, 0.15) is 0 Å². The summed E-state index contributed by atoms with van der Waals surface area (Å²) in [5.41, 5.74) is 3.88. The van der Waals surface area contributed by atoms with Gasteiger partial charge in [0.2, 0.25) is 0 Å². The summed E-state index contributed by atoms with van der Waals surface area (Å²) in [4.78, 5) is 10.2. The van der Waals surface area contributed by atoms with E-state index in [0.717, 1.165) is 27.7 Å². The lowest BCUT2D eigenvalue weighted by atomic mass is 10.0. The first-order valence-corrected chi connectivity index (χ1v) is 8.76. The van der Waals surface area contributed by atoms with Crippen molar-refractivity contribution in [1.82, 2.24) is 0 Å². The number of benzene rings is 2. The Bertz CT molecular complexity index is 895. The molecule has 0 aromatic heterocycles. The summed E-state index contributed by atoms with van der Waals surface area (Å²) in [5.74, 6) is 0. The molecule has 2 aromatic carbocycles. The summed E-state index contributed by atoms with van der Waals surface area (Å²) in [7, 11) is -3.77. The van der Waals surface area contributed by atoms with E-state index in [1.54, 1.807) is 0 Å². The van der Waals surface area contributed by atoms with Gasteiger partial charge in [-0.2, -0.15) is 0 Å². The molecule has 0 radical (unpaired) electrons. The van der Waals surface area contributed by atoms with Crippen LogP contribution < -0.4 is 4.72 Å². The average Bonchev–Trinajstić information content (AvgIpc) is 2.45. The van der Waals surface area contributed by atoms with Gasteiger partial charge in [-0.15, -0.1) is 0 Å². The summed E-state index contributed by atoms with van der Waals surface area (Å²) in [6.45, 7) is 5.81. The van der Waals surface area contributed by atoms with Crippen molar-refractivity contribution in [3.05, 3.63) is 74.2 Å². The third-order valence-electron chi connectivity index (χ3n) is 3.47. The van der Waals surface area contributed by atoms with E-state index in [0.29, 0.717) is 0 Å². The molecule has 2 rings (SSSR count). The molecule has 0 atom stereocenters. The molecule has 0 aliphatic carbocycles. The largest absolute Gasteiger partial charge is 0.280 e. The Hall–Kier alpha value is -2.67.